The Balaban J connectivity index is 1.24. The van der Waals surface area contributed by atoms with Gasteiger partial charge in [-0.05, 0) is 77.3 Å². The van der Waals surface area contributed by atoms with E-state index < -0.39 is 17.1 Å². The molecule has 40 heavy (non-hydrogen) atoms. The molecule has 1 aliphatic heterocycles. The van der Waals surface area contributed by atoms with Gasteiger partial charge in [0.05, 0.1) is 4.91 Å². The van der Waals surface area contributed by atoms with Crippen LogP contribution in [0.1, 0.15) is 22.3 Å². The number of nitrogens with zero attached hydrogens (tertiary/aromatic N) is 2. The Morgan fingerprint density at radius 2 is 1.68 bits per heavy atom. The quantitative estimate of drug-likeness (QED) is 0.230. The Morgan fingerprint density at radius 3 is 2.52 bits per heavy atom. The van der Waals surface area contributed by atoms with Crippen molar-refractivity contribution < 1.29 is 14.4 Å². The van der Waals surface area contributed by atoms with Crippen molar-refractivity contribution in [3.8, 4) is 0 Å². The third kappa shape index (κ3) is 5.03. The minimum atomic E-state index is -0.461. The van der Waals surface area contributed by atoms with Crippen molar-refractivity contribution in [1.82, 2.24) is 9.47 Å². The molecule has 0 radical (unpaired) electrons. The second-order valence-electron chi connectivity index (χ2n) is 10.0. The molecule has 1 aromatic heterocycles. The predicted octanol–water partition coefficient (Wildman–Crippen LogP) is 7.13. The van der Waals surface area contributed by atoms with Gasteiger partial charge in [-0.1, -0.05) is 66.7 Å². The fraction of sp³-hybridized carbons (Fsp3) is 0.121. The van der Waals surface area contributed by atoms with Crippen LogP contribution >= 0.6 is 11.8 Å². The number of imide groups is 1. The van der Waals surface area contributed by atoms with Crippen LogP contribution in [-0.4, -0.2) is 33.1 Å². The Kier molecular flexibility index (Phi) is 6.74. The van der Waals surface area contributed by atoms with Crippen LogP contribution in [-0.2, 0) is 16.1 Å². The highest BCUT2D eigenvalue weighted by molar-refractivity contribution is 8.18. The van der Waals surface area contributed by atoms with Gasteiger partial charge in [0.2, 0.25) is 5.91 Å². The van der Waals surface area contributed by atoms with Crippen LogP contribution < -0.4 is 5.32 Å². The summed E-state index contributed by atoms with van der Waals surface area (Å²) in [5, 5.41) is 5.75. The number of thioether (sulfide) groups is 1. The van der Waals surface area contributed by atoms with Crippen LogP contribution in [0.25, 0.3) is 27.8 Å². The number of amides is 3. The van der Waals surface area contributed by atoms with Crippen molar-refractivity contribution >= 4 is 62.3 Å². The Morgan fingerprint density at radius 1 is 0.900 bits per heavy atom. The van der Waals surface area contributed by atoms with Gasteiger partial charge in [-0.3, -0.25) is 19.3 Å². The first kappa shape index (κ1) is 25.6. The van der Waals surface area contributed by atoms with E-state index in [2.05, 4.69) is 46.3 Å². The Labute approximate surface area is 236 Å². The van der Waals surface area contributed by atoms with Crippen molar-refractivity contribution in [3.05, 3.63) is 118 Å². The van der Waals surface area contributed by atoms with Gasteiger partial charge in [0.1, 0.15) is 6.54 Å². The van der Waals surface area contributed by atoms with Crippen LogP contribution in [0.5, 0.6) is 0 Å². The third-order valence-corrected chi connectivity index (χ3v) is 8.02. The van der Waals surface area contributed by atoms with Gasteiger partial charge in [0.15, 0.2) is 0 Å². The topological polar surface area (TPSA) is 71.4 Å². The molecule has 1 aliphatic rings. The summed E-state index contributed by atoms with van der Waals surface area (Å²) in [6.07, 6.45) is 3.77. The zero-order valence-electron chi connectivity index (χ0n) is 22.2. The first-order valence-electron chi connectivity index (χ1n) is 13.0. The first-order valence-corrected chi connectivity index (χ1v) is 13.9. The fourth-order valence-electron chi connectivity index (χ4n) is 5.04. The van der Waals surface area contributed by atoms with E-state index in [1.54, 1.807) is 6.08 Å². The molecule has 1 fully saturated rings. The third-order valence-electron chi connectivity index (χ3n) is 7.12. The maximum absolute atomic E-state index is 13.2. The summed E-state index contributed by atoms with van der Waals surface area (Å²) in [6.45, 7) is 4.17. The summed E-state index contributed by atoms with van der Waals surface area (Å²) in [4.78, 5) is 40.0. The monoisotopic (exact) mass is 545 g/mol. The maximum Gasteiger partial charge on any atom is 0.294 e. The highest BCUT2D eigenvalue weighted by Gasteiger charge is 2.36. The van der Waals surface area contributed by atoms with E-state index >= 15 is 0 Å². The summed E-state index contributed by atoms with van der Waals surface area (Å²) in [6, 6.07) is 28.5. The van der Waals surface area contributed by atoms with E-state index in [-0.39, 0.29) is 6.54 Å². The van der Waals surface area contributed by atoms with Gasteiger partial charge in [0, 0.05) is 34.9 Å². The lowest BCUT2D eigenvalue weighted by molar-refractivity contribution is -0.127. The standard InChI is InChI=1S/C33H27N3O3S/c1-21-11-12-22(2)28(15-21)34-31(37)20-36-32(38)30(40-33(36)39)17-26-19-35(29-10-6-5-9-27(26)29)18-23-13-14-24-7-3-4-8-25(24)16-23/h3-17,19H,18,20H2,1-2H3,(H,34,37)/b30-17-. The summed E-state index contributed by atoms with van der Waals surface area (Å²) >= 11 is 0.863. The number of aromatic nitrogens is 1. The predicted molar refractivity (Wildman–Crippen MR) is 162 cm³/mol. The fourth-order valence-corrected chi connectivity index (χ4v) is 5.87. The molecule has 1 N–H and O–H groups in total. The number of rotatable bonds is 6. The maximum atomic E-state index is 13.2. The van der Waals surface area contributed by atoms with Crippen LogP contribution in [0, 0.1) is 13.8 Å². The van der Waals surface area contributed by atoms with Gasteiger partial charge in [-0.2, -0.15) is 0 Å². The number of anilines is 1. The Bertz CT molecular complexity index is 1850. The molecule has 0 unspecified atom stereocenters. The zero-order valence-corrected chi connectivity index (χ0v) is 23.0. The lowest BCUT2D eigenvalue weighted by Crippen LogP contribution is -2.36. The number of fused-ring (bicyclic) bond motifs is 2. The summed E-state index contributed by atoms with van der Waals surface area (Å²) < 4.78 is 2.16. The molecule has 5 aromatic rings. The van der Waals surface area contributed by atoms with E-state index in [1.165, 1.54) is 16.3 Å². The molecule has 0 aliphatic carbocycles. The van der Waals surface area contributed by atoms with Gasteiger partial charge in [-0.25, -0.2) is 0 Å². The highest BCUT2D eigenvalue weighted by Crippen LogP contribution is 2.34. The lowest BCUT2D eigenvalue weighted by Gasteiger charge is -2.14. The molecule has 6 rings (SSSR count). The molecule has 7 heteroatoms. The van der Waals surface area contributed by atoms with E-state index in [4.69, 9.17) is 0 Å². The minimum absolute atomic E-state index is 0.304. The molecule has 1 saturated heterocycles. The molecule has 198 valence electrons. The lowest BCUT2D eigenvalue weighted by atomic mass is 10.1. The molecule has 2 heterocycles. The van der Waals surface area contributed by atoms with Gasteiger partial charge in [0.25, 0.3) is 11.1 Å². The van der Waals surface area contributed by atoms with Crippen LogP contribution in [0.2, 0.25) is 0 Å². The minimum Gasteiger partial charge on any atom is -0.342 e. The van der Waals surface area contributed by atoms with E-state index in [9.17, 15) is 14.4 Å². The Hall–Kier alpha value is -4.62. The average Bonchev–Trinajstić information content (AvgIpc) is 3.42. The summed E-state index contributed by atoms with van der Waals surface area (Å²) in [5.74, 6) is -0.873. The highest BCUT2D eigenvalue weighted by atomic mass is 32.2. The number of benzene rings is 4. The van der Waals surface area contributed by atoms with Crippen LogP contribution in [0.3, 0.4) is 0 Å². The molecule has 0 atom stereocenters. The molecular formula is C33H27N3O3S. The normalized spacial score (nSPS) is 14.6. The van der Waals surface area contributed by atoms with Gasteiger partial charge < -0.3 is 9.88 Å². The summed E-state index contributed by atoms with van der Waals surface area (Å²) in [7, 11) is 0. The molecule has 3 amide bonds. The van der Waals surface area contributed by atoms with Crippen molar-refractivity contribution in [3.63, 3.8) is 0 Å². The average molecular weight is 546 g/mol. The van der Waals surface area contributed by atoms with E-state index in [0.29, 0.717) is 17.1 Å². The SMILES string of the molecule is Cc1ccc(C)c(NC(=O)CN2C(=O)S/C(=C\c3cn(Cc4ccc5ccccc5c4)c4ccccc34)C2=O)c1. The first-order chi connectivity index (χ1) is 19.4. The summed E-state index contributed by atoms with van der Waals surface area (Å²) in [5.41, 5.74) is 5.64. The van der Waals surface area contributed by atoms with E-state index in [1.807, 2.05) is 68.6 Å². The number of carbonyl (C=O) groups is 3. The number of aryl methyl sites for hydroxylation is 2. The largest absolute Gasteiger partial charge is 0.342 e. The van der Waals surface area contributed by atoms with Crippen LogP contribution in [0.4, 0.5) is 10.5 Å². The molecule has 6 nitrogen and oxygen atoms in total. The number of nitrogens with one attached hydrogen (secondary N) is 1. The second kappa shape index (κ2) is 10.5. The van der Waals surface area contributed by atoms with Crippen molar-refractivity contribution in [2.75, 3.05) is 11.9 Å². The van der Waals surface area contributed by atoms with Crippen molar-refractivity contribution in [2.24, 2.45) is 0 Å². The van der Waals surface area contributed by atoms with E-state index in [0.717, 1.165) is 44.3 Å². The van der Waals surface area contributed by atoms with Crippen LogP contribution in [0.15, 0.2) is 96.0 Å². The van der Waals surface area contributed by atoms with Crippen molar-refractivity contribution in [2.45, 2.75) is 20.4 Å². The molecule has 4 aromatic carbocycles. The number of hydrogen-bond donors (Lipinski definition) is 1. The second-order valence-corrected chi connectivity index (χ2v) is 11.0. The zero-order chi connectivity index (χ0) is 27.8. The smallest absolute Gasteiger partial charge is 0.294 e. The van der Waals surface area contributed by atoms with Crippen molar-refractivity contribution in [1.29, 1.82) is 0 Å². The molecular weight excluding hydrogens is 518 g/mol. The van der Waals surface area contributed by atoms with Gasteiger partial charge >= 0.3 is 0 Å². The number of para-hydroxylation sites is 1. The number of carbonyl (C=O) groups excluding carboxylic acids is 3. The van der Waals surface area contributed by atoms with Gasteiger partial charge in [-0.15, -0.1) is 0 Å². The molecule has 0 saturated carbocycles. The number of hydrogen-bond acceptors (Lipinski definition) is 4. The molecule has 0 bridgehead atoms. The molecule has 0 spiro atoms.